The Balaban J connectivity index is 2.05. The number of ether oxygens (including phenoxy) is 1. The maximum absolute atomic E-state index is 8.76. The molecule has 0 aromatic heterocycles. The number of rotatable bonds is 3. The third-order valence-electron chi connectivity index (χ3n) is 2.26. The van der Waals surface area contributed by atoms with Gasteiger partial charge in [-0.05, 0) is 35.9 Å². The lowest BCUT2D eigenvalue weighted by Gasteiger charge is -2.06. The van der Waals surface area contributed by atoms with Crippen LogP contribution in [0.2, 0.25) is 5.02 Å². The van der Waals surface area contributed by atoms with Crippen molar-refractivity contribution in [3.8, 4) is 11.8 Å². The van der Waals surface area contributed by atoms with Crippen molar-refractivity contribution in [3.05, 3.63) is 64.7 Å². The highest BCUT2D eigenvalue weighted by molar-refractivity contribution is 6.30. The van der Waals surface area contributed by atoms with E-state index in [0.29, 0.717) is 22.9 Å². The van der Waals surface area contributed by atoms with Gasteiger partial charge in [-0.3, -0.25) is 0 Å². The third-order valence-corrected chi connectivity index (χ3v) is 2.49. The Morgan fingerprint density at radius 2 is 1.94 bits per heavy atom. The van der Waals surface area contributed by atoms with Crippen molar-refractivity contribution in [3.63, 3.8) is 0 Å². The van der Waals surface area contributed by atoms with E-state index in [2.05, 4.69) is 6.07 Å². The van der Waals surface area contributed by atoms with Crippen LogP contribution in [0.15, 0.2) is 48.5 Å². The molecule has 0 N–H and O–H groups in total. The largest absolute Gasteiger partial charge is 0.489 e. The van der Waals surface area contributed by atoms with Gasteiger partial charge < -0.3 is 4.74 Å². The predicted octanol–water partition coefficient (Wildman–Crippen LogP) is 3.79. The monoisotopic (exact) mass is 243 g/mol. The summed E-state index contributed by atoms with van der Waals surface area (Å²) >= 11 is 5.88. The first-order valence-electron chi connectivity index (χ1n) is 5.15. The van der Waals surface area contributed by atoms with Gasteiger partial charge in [-0.25, -0.2) is 0 Å². The molecule has 0 heterocycles. The molecule has 0 saturated carbocycles. The van der Waals surface area contributed by atoms with Gasteiger partial charge in [0.25, 0.3) is 0 Å². The molecule has 17 heavy (non-hydrogen) atoms. The Morgan fingerprint density at radius 1 is 1.12 bits per heavy atom. The van der Waals surface area contributed by atoms with Crippen LogP contribution in [-0.4, -0.2) is 0 Å². The van der Waals surface area contributed by atoms with Crippen LogP contribution in [0.4, 0.5) is 0 Å². The van der Waals surface area contributed by atoms with Crippen molar-refractivity contribution in [2.45, 2.75) is 6.61 Å². The van der Waals surface area contributed by atoms with Gasteiger partial charge in [0.1, 0.15) is 12.4 Å². The van der Waals surface area contributed by atoms with Gasteiger partial charge in [0.2, 0.25) is 0 Å². The molecule has 0 aliphatic heterocycles. The van der Waals surface area contributed by atoms with Crippen LogP contribution in [0.3, 0.4) is 0 Å². The second-order valence-corrected chi connectivity index (χ2v) is 3.99. The average Bonchev–Trinajstić information content (AvgIpc) is 2.37. The highest BCUT2D eigenvalue weighted by Gasteiger charge is 1.98. The maximum atomic E-state index is 8.76. The number of nitrogens with zero attached hydrogens (tertiary/aromatic N) is 1. The van der Waals surface area contributed by atoms with Crippen LogP contribution >= 0.6 is 11.6 Å². The summed E-state index contributed by atoms with van der Waals surface area (Å²) in [4.78, 5) is 0. The second-order valence-electron chi connectivity index (χ2n) is 3.56. The second kappa shape index (κ2) is 5.38. The van der Waals surface area contributed by atoms with E-state index < -0.39 is 0 Å². The third kappa shape index (κ3) is 3.24. The van der Waals surface area contributed by atoms with Crippen LogP contribution in [0.1, 0.15) is 11.1 Å². The molecule has 2 aromatic rings. The SMILES string of the molecule is N#Cc1cccc(OCc2cccc(Cl)c2)c1. The first-order valence-corrected chi connectivity index (χ1v) is 5.53. The zero-order valence-electron chi connectivity index (χ0n) is 9.06. The minimum atomic E-state index is 0.440. The lowest BCUT2D eigenvalue weighted by atomic mass is 10.2. The van der Waals surface area contributed by atoms with Crippen LogP contribution in [0.5, 0.6) is 5.75 Å². The molecule has 0 aliphatic carbocycles. The predicted molar refractivity (Wildman–Crippen MR) is 66.9 cm³/mol. The topological polar surface area (TPSA) is 33.0 Å². The van der Waals surface area contributed by atoms with Crippen molar-refractivity contribution in [1.82, 2.24) is 0 Å². The number of hydrogen-bond donors (Lipinski definition) is 0. The van der Waals surface area contributed by atoms with E-state index in [4.69, 9.17) is 21.6 Å². The van der Waals surface area contributed by atoms with Crippen molar-refractivity contribution in [2.24, 2.45) is 0 Å². The van der Waals surface area contributed by atoms with E-state index in [1.165, 1.54) is 0 Å². The molecular formula is C14H10ClNO. The minimum Gasteiger partial charge on any atom is -0.489 e. The standard InChI is InChI=1S/C14H10ClNO/c15-13-5-1-4-12(7-13)10-17-14-6-2-3-11(8-14)9-16/h1-8H,10H2. The zero-order chi connectivity index (χ0) is 12.1. The summed E-state index contributed by atoms with van der Waals surface area (Å²) in [5.74, 6) is 0.684. The van der Waals surface area contributed by atoms with Crippen molar-refractivity contribution < 1.29 is 4.74 Å². The molecule has 0 radical (unpaired) electrons. The van der Waals surface area contributed by atoms with Gasteiger partial charge in [-0.1, -0.05) is 29.8 Å². The molecule has 0 atom stereocenters. The van der Waals surface area contributed by atoms with Crippen LogP contribution < -0.4 is 4.74 Å². The fraction of sp³-hybridized carbons (Fsp3) is 0.0714. The Labute approximate surface area is 105 Å². The lowest BCUT2D eigenvalue weighted by Crippen LogP contribution is -1.95. The van der Waals surface area contributed by atoms with Crippen LogP contribution in [-0.2, 0) is 6.61 Å². The summed E-state index contributed by atoms with van der Waals surface area (Å²) in [5, 5.41) is 9.45. The Hall–Kier alpha value is -1.98. The molecule has 0 fully saturated rings. The van der Waals surface area contributed by atoms with Gasteiger partial charge >= 0.3 is 0 Å². The molecule has 0 bridgehead atoms. The summed E-state index contributed by atoms with van der Waals surface area (Å²) in [7, 11) is 0. The van der Waals surface area contributed by atoms with Gasteiger partial charge in [0, 0.05) is 5.02 Å². The first-order chi connectivity index (χ1) is 8.28. The Kier molecular flexibility index (Phi) is 3.64. The highest BCUT2D eigenvalue weighted by Crippen LogP contribution is 2.16. The molecular weight excluding hydrogens is 234 g/mol. The molecule has 0 unspecified atom stereocenters. The molecule has 0 saturated heterocycles. The lowest BCUT2D eigenvalue weighted by molar-refractivity contribution is 0.306. The summed E-state index contributed by atoms with van der Waals surface area (Å²) in [6.45, 7) is 0.440. The molecule has 84 valence electrons. The summed E-state index contributed by atoms with van der Waals surface area (Å²) in [6.07, 6.45) is 0. The molecule has 0 spiro atoms. The molecule has 0 amide bonds. The molecule has 0 aliphatic rings. The van der Waals surface area contributed by atoms with E-state index in [-0.39, 0.29) is 0 Å². The van der Waals surface area contributed by atoms with Crippen molar-refractivity contribution >= 4 is 11.6 Å². The molecule has 2 nitrogen and oxygen atoms in total. The van der Waals surface area contributed by atoms with E-state index in [9.17, 15) is 0 Å². The smallest absolute Gasteiger partial charge is 0.121 e. The quantitative estimate of drug-likeness (QED) is 0.822. The van der Waals surface area contributed by atoms with Crippen molar-refractivity contribution in [1.29, 1.82) is 5.26 Å². The molecule has 2 rings (SSSR count). The van der Waals surface area contributed by atoms with E-state index in [0.717, 1.165) is 5.56 Å². The number of halogens is 1. The van der Waals surface area contributed by atoms with Gasteiger partial charge in [-0.2, -0.15) is 5.26 Å². The average molecular weight is 244 g/mol. The highest BCUT2D eigenvalue weighted by atomic mass is 35.5. The number of benzene rings is 2. The van der Waals surface area contributed by atoms with E-state index >= 15 is 0 Å². The van der Waals surface area contributed by atoms with Crippen LogP contribution in [0, 0.1) is 11.3 Å². The summed E-state index contributed by atoms with van der Waals surface area (Å²) < 4.78 is 5.58. The van der Waals surface area contributed by atoms with Gasteiger partial charge in [0.15, 0.2) is 0 Å². The number of hydrogen-bond acceptors (Lipinski definition) is 2. The summed E-state index contributed by atoms with van der Waals surface area (Å²) in [5.41, 5.74) is 1.59. The zero-order valence-corrected chi connectivity index (χ0v) is 9.82. The first kappa shape index (κ1) is 11.5. The van der Waals surface area contributed by atoms with E-state index in [1.54, 1.807) is 18.2 Å². The minimum absolute atomic E-state index is 0.440. The normalized spacial score (nSPS) is 9.65. The Bertz CT molecular complexity index is 560. The van der Waals surface area contributed by atoms with Crippen molar-refractivity contribution in [2.75, 3.05) is 0 Å². The summed E-state index contributed by atoms with van der Waals surface area (Å²) in [6, 6.07) is 16.7. The fourth-order valence-corrected chi connectivity index (χ4v) is 1.66. The fourth-order valence-electron chi connectivity index (χ4n) is 1.45. The Morgan fingerprint density at radius 3 is 2.71 bits per heavy atom. The van der Waals surface area contributed by atoms with Crippen LogP contribution in [0.25, 0.3) is 0 Å². The number of nitriles is 1. The maximum Gasteiger partial charge on any atom is 0.121 e. The van der Waals surface area contributed by atoms with E-state index in [1.807, 2.05) is 30.3 Å². The molecule has 3 heteroatoms. The molecule has 2 aromatic carbocycles. The van der Waals surface area contributed by atoms with Gasteiger partial charge in [0.05, 0.1) is 11.6 Å². The van der Waals surface area contributed by atoms with Gasteiger partial charge in [-0.15, -0.1) is 0 Å².